The SMILES string of the molecule is CC(C)(C[O][Hf]([Br])([Br])[Br])c1ccccc1. The van der Waals surface area contributed by atoms with Crippen LogP contribution in [-0.2, 0) is 21.7 Å². The minimum absolute atomic E-state index is 0.0435. The Kier molecular flexibility index (Phi) is 5.72. The fourth-order valence-electron chi connectivity index (χ4n) is 1.23. The molecular weight excluding hydrogens is 554 g/mol. The first-order valence-electron chi connectivity index (χ1n) is 4.57. The van der Waals surface area contributed by atoms with Crippen LogP contribution in [0.1, 0.15) is 19.4 Å². The van der Waals surface area contributed by atoms with Crippen molar-refractivity contribution in [3.05, 3.63) is 35.9 Å². The molecule has 1 aromatic carbocycles. The molecular formula is C10H13Br3HfO. The summed E-state index contributed by atoms with van der Waals surface area (Å²) in [4.78, 5) is 0. The summed E-state index contributed by atoms with van der Waals surface area (Å²) in [7, 11) is 0. The molecule has 1 rings (SSSR count). The number of hydrogen-bond donors (Lipinski definition) is 0. The maximum absolute atomic E-state index is 5.82. The van der Waals surface area contributed by atoms with Crippen molar-refractivity contribution in [1.82, 2.24) is 0 Å². The standard InChI is InChI=1S/C10H13O.3BrH.Hf/c1-10(2,8-11)9-6-4-3-5-7-9;;;;/h3-7H,8H2,1-2H3;3*1H;/q-1;;;;+4/p-3. The maximum atomic E-state index is 5.82. The van der Waals surface area contributed by atoms with Gasteiger partial charge in [-0.05, 0) is 0 Å². The van der Waals surface area contributed by atoms with Crippen LogP contribution < -0.4 is 0 Å². The molecule has 5 heteroatoms. The van der Waals surface area contributed by atoms with Gasteiger partial charge in [0.2, 0.25) is 0 Å². The molecule has 1 nitrogen and oxygen atoms in total. The van der Waals surface area contributed by atoms with Gasteiger partial charge in [0.1, 0.15) is 0 Å². The van der Waals surface area contributed by atoms with Gasteiger partial charge in [0.05, 0.1) is 0 Å². The molecule has 0 fully saturated rings. The van der Waals surface area contributed by atoms with Crippen molar-refractivity contribution in [2.45, 2.75) is 19.3 Å². The van der Waals surface area contributed by atoms with Gasteiger partial charge in [-0.3, -0.25) is 0 Å². The molecule has 0 unspecified atom stereocenters. The first-order chi connectivity index (χ1) is 6.81. The van der Waals surface area contributed by atoms with E-state index in [1.807, 2.05) is 6.07 Å². The number of rotatable bonds is 4. The third-order valence-electron chi connectivity index (χ3n) is 2.15. The Labute approximate surface area is 113 Å². The zero-order valence-corrected chi connectivity index (χ0v) is 17.0. The molecule has 0 aliphatic heterocycles. The second kappa shape index (κ2) is 5.89. The zero-order valence-electron chi connectivity index (χ0n) is 8.64. The molecule has 0 aliphatic carbocycles. The van der Waals surface area contributed by atoms with Crippen molar-refractivity contribution in [1.29, 1.82) is 0 Å². The molecule has 15 heavy (non-hydrogen) atoms. The predicted octanol–water partition coefficient (Wildman–Crippen LogP) is 4.98. The van der Waals surface area contributed by atoms with Crippen LogP contribution in [0.25, 0.3) is 0 Å². The summed E-state index contributed by atoms with van der Waals surface area (Å²) in [6, 6.07) is 10.4. The van der Waals surface area contributed by atoms with Gasteiger partial charge in [-0.25, -0.2) is 0 Å². The van der Waals surface area contributed by atoms with Crippen LogP contribution in [0.5, 0.6) is 0 Å². The van der Waals surface area contributed by atoms with E-state index in [0.29, 0.717) is 6.61 Å². The molecule has 0 aliphatic rings. The average Bonchev–Trinajstić information content (AvgIpc) is 2.16. The van der Waals surface area contributed by atoms with E-state index < -0.39 is 13.4 Å². The number of hydrogen-bond acceptors (Lipinski definition) is 1. The van der Waals surface area contributed by atoms with E-state index in [2.05, 4.69) is 75.0 Å². The van der Waals surface area contributed by atoms with Crippen molar-refractivity contribution in [2.75, 3.05) is 6.61 Å². The monoisotopic (exact) mass is 566 g/mol. The Morgan fingerprint density at radius 3 is 2.13 bits per heavy atom. The Bertz CT molecular complexity index is 308. The van der Waals surface area contributed by atoms with Crippen LogP contribution in [0, 0.1) is 0 Å². The number of benzene rings is 1. The molecule has 0 N–H and O–H groups in total. The molecule has 0 bridgehead atoms. The van der Waals surface area contributed by atoms with E-state index in [-0.39, 0.29) is 5.41 Å². The summed E-state index contributed by atoms with van der Waals surface area (Å²) >= 11 is 7.85. The van der Waals surface area contributed by atoms with Gasteiger partial charge in [0, 0.05) is 0 Å². The third kappa shape index (κ3) is 5.57. The van der Waals surface area contributed by atoms with Crippen molar-refractivity contribution in [2.24, 2.45) is 0 Å². The van der Waals surface area contributed by atoms with E-state index in [1.54, 1.807) is 0 Å². The van der Waals surface area contributed by atoms with Crippen LogP contribution in [0.4, 0.5) is 0 Å². The predicted molar refractivity (Wildman–Crippen MR) is 72.2 cm³/mol. The molecule has 0 atom stereocenters. The van der Waals surface area contributed by atoms with Gasteiger partial charge in [-0.2, -0.15) is 0 Å². The molecule has 1 aromatic rings. The molecule has 0 saturated heterocycles. The van der Waals surface area contributed by atoms with E-state index in [1.165, 1.54) is 5.56 Å². The Hall–Kier alpha value is 1.49. The topological polar surface area (TPSA) is 9.23 Å². The summed E-state index contributed by atoms with van der Waals surface area (Å²) < 4.78 is 5.82. The normalized spacial score (nSPS) is 12.9. The molecule has 0 spiro atoms. The fraction of sp³-hybridized carbons (Fsp3) is 0.400. The third-order valence-corrected chi connectivity index (χ3v) is 9.47. The quantitative estimate of drug-likeness (QED) is 0.467. The molecule has 0 radical (unpaired) electrons. The Balaban J connectivity index is 2.68. The van der Waals surface area contributed by atoms with Gasteiger partial charge in [-0.15, -0.1) is 0 Å². The first-order valence-corrected chi connectivity index (χ1v) is 29.6. The van der Waals surface area contributed by atoms with E-state index in [9.17, 15) is 0 Å². The van der Waals surface area contributed by atoms with Crippen LogP contribution in [0.15, 0.2) is 30.3 Å². The van der Waals surface area contributed by atoms with Gasteiger partial charge < -0.3 is 0 Å². The summed E-state index contributed by atoms with van der Waals surface area (Å²) in [5, 5.41) is 0. The summed E-state index contributed by atoms with van der Waals surface area (Å²) in [5.41, 5.74) is 1.34. The fourth-order valence-corrected chi connectivity index (χ4v) is 5.93. The summed E-state index contributed by atoms with van der Waals surface area (Å²) in [6.07, 6.45) is 0. The minimum atomic E-state index is -2.76. The van der Waals surface area contributed by atoms with Crippen LogP contribution in [-0.4, -0.2) is 6.61 Å². The molecule has 0 amide bonds. The second-order valence-corrected chi connectivity index (χ2v) is 61.8. The van der Waals surface area contributed by atoms with Gasteiger partial charge >= 0.3 is 115 Å². The molecule has 84 valence electrons. The summed E-state index contributed by atoms with van der Waals surface area (Å²) in [5.74, 6) is 0. The second-order valence-electron chi connectivity index (χ2n) is 3.98. The van der Waals surface area contributed by atoms with Gasteiger partial charge in [-0.1, -0.05) is 0 Å². The summed E-state index contributed by atoms with van der Waals surface area (Å²) in [6.45, 7) is 5.09. The first kappa shape index (κ1) is 14.6. The van der Waals surface area contributed by atoms with Crippen LogP contribution in [0.3, 0.4) is 0 Å². The van der Waals surface area contributed by atoms with Crippen molar-refractivity contribution < 1.29 is 16.3 Å². The van der Waals surface area contributed by atoms with Crippen LogP contribution >= 0.6 is 36.9 Å². The van der Waals surface area contributed by atoms with Gasteiger partial charge in [0.25, 0.3) is 0 Å². The molecule has 0 heterocycles. The van der Waals surface area contributed by atoms with Crippen molar-refractivity contribution in [3.63, 3.8) is 0 Å². The van der Waals surface area contributed by atoms with Crippen molar-refractivity contribution >= 4 is 36.9 Å². The van der Waals surface area contributed by atoms with Crippen molar-refractivity contribution in [3.8, 4) is 0 Å². The van der Waals surface area contributed by atoms with Crippen LogP contribution in [0.2, 0.25) is 0 Å². The molecule has 0 aromatic heterocycles. The Morgan fingerprint density at radius 1 is 1.13 bits per heavy atom. The van der Waals surface area contributed by atoms with Gasteiger partial charge in [0.15, 0.2) is 0 Å². The molecule has 0 saturated carbocycles. The Morgan fingerprint density at radius 2 is 1.67 bits per heavy atom. The number of halogens is 3. The van der Waals surface area contributed by atoms with E-state index >= 15 is 0 Å². The van der Waals surface area contributed by atoms with E-state index in [4.69, 9.17) is 2.85 Å². The van der Waals surface area contributed by atoms with E-state index in [0.717, 1.165) is 0 Å². The average molecular weight is 567 g/mol. The zero-order chi connectivity index (χ0) is 11.5.